The zero-order valence-corrected chi connectivity index (χ0v) is 13.0. The lowest BCUT2D eigenvalue weighted by atomic mass is 10.3. The van der Waals surface area contributed by atoms with Crippen molar-refractivity contribution in [2.24, 2.45) is 0 Å². The van der Waals surface area contributed by atoms with Crippen LogP contribution in [0.5, 0.6) is 0 Å². The van der Waals surface area contributed by atoms with Gasteiger partial charge in [-0.3, -0.25) is 14.6 Å². The summed E-state index contributed by atoms with van der Waals surface area (Å²) in [5.41, 5.74) is 1.41. The monoisotopic (exact) mass is 307 g/mol. The van der Waals surface area contributed by atoms with Crippen molar-refractivity contribution in [2.45, 2.75) is 19.8 Å². The van der Waals surface area contributed by atoms with E-state index in [0.717, 1.165) is 45.6 Å². The summed E-state index contributed by atoms with van der Waals surface area (Å²) in [6, 6.07) is 0. The lowest BCUT2D eigenvalue weighted by Gasteiger charge is -2.34. The number of unbranched alkanes of at least 4 members (excludes halogenated alkanes) is 1. The Kier molecular flexibility index (Phi) is 8.46. The van der Waals surface area contributed by atoms with Crippen molar-refractivity contribution in [1.82, 2.24) is 15.1 Å². The van der Waals surface area contributed by atoms with E-state index in [1.54, 1.807) is 0 Å². The fraction of sp³-hybridized carbons (Fsp3) is 0.769. The lowest BCUT2D eigenvalue weighted by Crippen LogP contribution is -2.49. The molecule has 0 saturated carbocycles. The molecule has 1 aliphatic rings. The first kappa shape index (κ1) is 16.8. The summed E-state index contributed by atoms with van der Waals surface area (Å²) in [4.78, 5) is 16.1. The van der Waals surface area contributed by atoms with E-state index in [2.05, 4.69) is 22.0 Å². The molecule has 0 aliphatic carbocycles. The molecule has 1 amide bonds. The maximum absolute atomic E-state index is 11.7. The van der Waals surface area contributed by atoms with E-state index >= 15 is 0 Å². The Morgan fingerprint density at radius 3 is 2.32 bits per heavy atom. The molecule has 0 bridgehead atoms. The second-order valence-electron chi connectivity index (χ2n) is 4.81. The van der Waals surface area contributed by atoms with E-state index in [9.17, 15) is 4.79 Å². The summed E-state index contributed by atoms with van der Waals surface area (Å²) in [5.74, 6) is 0.126. The van der Waals surface area contributed by atoms with Crippen molar-refractivity contribution in [1.29, 1.82) is 0 Å². The zero-order chi connectivity index (χ0) is 14.1. The van der Waals surface area contributed by atoms with Crippen LogP contribution >= 0.6 is 23.2 Å². The van der Waals surface area contributed by atoms with Gasteiger partial charge in [0.15, 0.2) is 0 Å². The maximum Gasteiger partial charge on any atom is 0.234 e. The van der Waals surface area contributed by atoms with Crippen LogP contribution < -0.4 is 5.32 Å². The number of halogens is 2. The Bertz CT molecular complexity index is 302. The molecule has 19 heavy (non-hydrogen) atoms. The van der Waals surface area contributed by atoms with Crippen molar-refractivity contribution >= 4 is 29.1 Å². The zero-order valence-electron chi connectivity index (χ0n) is 11.5. The highest BCUT2D eigenvalue weighted by molar-refractivity contribution is 6.36. The average Bonchev–Trinajstić information content (AvgIpc) is 2.41. The predicted octanol–water partition coefficient (Wildman–Crippen LogP) is 1.84. The van der Waals surface area contributed by atoms with Gasteiger partial charge in [-0.15, -0.1) is 0 Å². The van der Waals surface area contributed by atoms with Crippen molar-refractivity contribution in [3.63, 3.8) is 0 Å². The molecular formula is C13H23Cl2N3O. The fourth-order valence-electron chi connectivity index (χ4n) is 2.02. The van der Waals surface area contributed by atoms with Gasteiger partial charge in [0.05, 0.1) is 6.54 Å². The van der Waals surface area contributed by atoms with Gasteiger partial charge >= 0.3 is 0 Å². The highest BCUT2D eigenvalue weighted by Gasteiger charge is 2.18. The SMILES string of the molecule is CCCCNC(=O)CN1CCN(C/C(Cl)=C/Cl)CC1. The lowest BCUT2D eigenvalue weighted by molar-refractivity contribution is -0.122. The minimum absolute atomic E-state index is 0.126. The molecule has 0 spiro atoms. The molecule has 110 valence electrons. The summed E-state index contributed by atoms with van der Waals surface area (Å²) in [7, 11) is 0. The molecule has 0 aromatic heterocycles. The maximum atomic E-state index is 11.7. The van der Waals surface area contributed by atoms with Crippen LogP contribution in [0.2, 0.25) is 0 Å². The number of piperazine rings is 1. The first-order valence-corrected chi connectivity index (χ1v) is 7.63. The molecule has 1 saturated heterocycles. The first-order valence-electron chi connectivity index (χ1n) is 6.82. The topological polar surface area (TPSA) is 35.6 Å². The van der Waals surface area contributed by atoms with E-state index in [4.69, 9.17) is 23.2 Å². The molecule has 0 aromatic rings. The van der Waals surface area contributed by atoms with Crippen LogP contribution in [0.3, 0.4) is 0 Å². The van der Waals surface area contributed by atoms with E-state index in [1.807, 2.05) is 0 Å². The van der Waals surface area contributed by atoms with Crippen LogP contribution in [-0.2, 0) is 4.79 Å². The Morgan fingerprint density at radius 1 is 1.21 bits per heavy atom. The quantitative estimate of drug-likeness (QED) is 0.729. The third-order valence-electron chi connectivity index (χ3n) is 3.18. The molecular weight excluding hydrogens is 285 g/mol. The average molecular weight is 308 g/mol. The van der Waals surface area contributed by atoms with Crippen LogP contribution in [-0.4, -0.2) is 61.5 Å². The summed E-state index contributed by atoms with van der Waals surface area (Å²) < 4.78 is 0. The first-order chi connectivity index (χ1) is 9.15. The second-order valence-corrected chi connectivity index (χ2v) is 5.52. The van der Waals surface area contributed by atoms with Crippen LogP contribution in [0, 0.1) is 0 Å². The Labute approximate surface area is 125 Å². The van der Waals surface area contributed by atoms with E-state index in [1.165, 1.54) is 5.54 Å². The number of hydrogen-bond acceptors (Lipinski definition) is 3. The summed E-state index contributed by atoms with van der Waals surface area (Å²) >= 11 is 11.4. The molecule has 0 aromatic carbocycles. The van der Waals surface area contributed by atoms with Crippen LogP contribution in [0.1, 0.15) is 19.8 Å². The van der Waals surface area contributed by atoms with Gasteiger partial charge in [0.1, 0.15) is 0 Å². The van der Waals surface area contributed by atoms with Crippen molar-refractivity contribution in [3.05, 3.63) is 10.6 Å². The molecule has 0 radical (unpaired) electrons. The number of nitrogens with zero attached hydrogens (tertiary/aromatic N) is 2. The Hall–Kier alpha value is -0.290. The predicted molar refractivity (Wildman–Crippen MR) is 80.6 cm³/mol. The van der Waals surface area contributed by atoms with Gasteiger partial charge < -0.3 is 5.32 Å². The number of carbonyl (C=O) groups excluding carboxylic acids is 1. The molecule has 1 rings (SSSR count). The van der Waals surface area contributed by atoms with Crippen molar-refractivity contribution in [2.75, 3.05) is 45.8 Å². The largest absolute Gasteiger partial charge is 0.355 e. The number of hydrogen-bond donors (Lipinski definition) is 1. The number of carbonyl (C=O) groups is 1. The number of rotatable bonds is 7. The van der Waals surface area contributed by atoms with Crippen molar-refractivity contribution < 1.29 is 4.79 Å². The molecule has 1 fully saturated rings. The Balaban J connectivity index is 2.17. The van der Waals surface area contributed by atoms with Gasteiger partial charge in [0, 0.05) is 49.8 Å². The molecule has 0 unspecified atom stereocenters. The number of nitrogens with one attached hydrogen (secondary N) is 1. The minimum Gasteiger partial charge on any atom is -0.355 e. The van der Waals surface area contributed by atoms with Gasteiger partial charge in [-0.05, 0) is 6.42 Å². The highest BCUT2D eigenvalue weighted by Crippen LogP contribution is 2.09. The summed E-state index contributed by atoms with van der Waals surface area (Å²) in [6.07, 6.45) is 2.15. The van der Waals surface area contributed by atoms with E-state index in [-0.39, 0.29) is 5.91 Å². The Morgan fingerprint density at radius 2 is 1.79 bits per heavy atom. The smallest absolute Gasteiger partial charge is 0.234 e. The molecule has 1 aliphatic heterocycles. The molecule has 1 heterocycles. The van der Waals surface area contributed by atoms with Crippen LogP contribution in [0.25, 0.3) is 0 Å². The molecule has 1 N–H and O–H groups in total. The van der Waals surface area contributed by atoms with Crippen LogP contribution in [0.4, 0.5) is 0 Å². The van der Waals surface area contributed by atoms with E-state index < -0.39 is 0 Å². The van der Waals surface area contributed by atoms with Gasteiger partial charge in [0.2, 0.25) is 5.91 Å². The van der Waals surface area contributed by atoms with Crippen molar-refractivity contribution in [3.8, 4) is 0 Å². The molecule has 0 atom stereocenters. The van der Waals surface area contributed by atoms with E-state index in [0.29, 0.717) is 18.1 Å². The minimum atomic E-state index is 0.126. The number of amides is 1. The summed E-state index contributed by atoms with van der Waals surface area (Å²) in [6.45, 7) is 7.73. The standard InChI is InChI=1S/C13H23Cl2N3O/c1-2-3-4-16-13(19)11-18-7-5-17(6-8-18)10-12(15)9-14/h9H,2-8,10-11H2,1H3,(H,16,19)/b12-9-. The molecule has 6 heteroatoms. The van der Waals surface area contributed by atoms with Crippen LogP contribution in [0.15, 0.2) is 10.6 Å². The molecule has 4 nitrogen and oxygen atoms in total. The third-order valence-corrected chi connectivity index (χ3v) is 3.78. The fourth-order valence-corrected chi connectivity index (χ4v) is 2.26. The van der Waals surface area contributed by atoms with Gasteiger partial charge in [0.25, 0.3) is 0 Å². The van der Waals surface area contributed by atoms with Gasteiger partial charge in [-0.2, -0.15) is 0 Å². The van der Waals surface area contributed by atoms with Gasteiger partial charge in [-0.25, -0.2) is 0 Å². The third kappa shape index (κ3) is 7.16. The summed E-state index contributed by atoms with van der Waals surface area (Å²) in [5, 5.41) is 3.60. The van der Waals surface area contributed by atoms with Gasteiger partial charge in [-0.1, -0.05) is 36.5 Å². The highest BCUT2D eigenvalue weighted by atomic mass is 35.5. The second kappa shape index (κ2) is 9.59. The normalized spacial score (nSPS) is 18.6.